The van der Waals surface area contributed by atoms with Gasteiger partial charge in [-0.3, -0.25) is 14.5 Å². The maximum absolute atomic E-state index is 12.4. The highest BCUT2D eigenvalue weighted by Crippen LogP contribution is 2.39. The van der Waals surface area contributed by atoms with Crippen LogP contribution in [0.25, 0.3) is 6.08 Å². The fraction of sp³-hybridized carbons (Fsp3) is 0.312. The standard InChI is InChI=1S/C16H17NO6S2/c1-22-11-7-9(6-10(18)14(11)23-2)8-12-15(21)17(16(24)25-12)5-3-4-13(19)20/h6-8,18H,3-5H2,1-2H3,(H,19,20). The SMILES string of the molecule is COc1cc(C=C2SC(=S)N(CCCC(=O)O)C2=O)cc(O)c1OC. The molecule has 0 aliphatic carbocycles. The van der Waals surface area contributed by atoms with Gasteiger partial charge < -0.3 is 19.7 Å². The fourth-order valence-electron chi connectivity index (χ4n) is 2.28. The molecule has 9 heteroatoms. The molecule has 2 N–H and O–H groups in total. The van der Waals surface area contributed by atoms with Gasteiger partial charge >= 0.3 is 5.97 Å². The Balaban J connectivity index is 2.21. The van der Waals surface area contributed by atoms with Gasteiger partial charge in [-0.2, -0.15) is 0 Å². The van der Waals surface area contributed by atoms with Gasteiger partial charge in [0.1, 0.15) is 4.32 Å². The molecule has 0 atom stereocenters. The van der Waals surface area contributed by atoms with Crippen LogP contribution >= 0.6 is 24.0 Å². The largest absolute Gasteiger partial charge is 0.504 e. The van der Waals surface area contributed by atoms with Crippen LogP contribution in [-0.4, -0.2) is 52.1 Å². The number of ether oxygens (including phenoxy) is 2. The predicted octanol–water partition coefficient (Wildman–Crippen LogP) is 2.48. The molecule has 0 radical (unpaired) electrons. The number of aromatic hydroxyl groups is 1. The maximum atomic E-state index is 12.4. The number of nitrogens with zero attached hydrogens (tertiary/aromatic N) is 1. The van der Waals surface area contributed by atoms with Crippen molar-refractivity contribution < 1.29 is 29.3 Å². The van der Waals surface area contributed by atoms with Crippen LogP contribution in [0.5, 0.6) is 17.2 Å². The predicted molar refractivity (Wildman–Crippen MR) is 98.0 cm³/mol. The monoisotopic (exact) mass is 383 g/mol. The quantitative estimate of drug-likeness (QED) is 0.548. The van der Waals surface area contributed by atoms with E-state index in [0.717, 1.165) is 11.8 Å². The van der Waals surface area contributed by atoms with E-state index in [1.807, 2.05) is 0 Å². The normalized spacial score (nSPS) is 15.8. The second-order valence-electron chi connectivity index (χ2n) is 5.11. The Hall–Kier alpha value is -2.26. The third-order valence-electron chi connectivity index (χ3n) is 3.43. The molecule has 25 heavy (non-hydrogen) atoms. The minimum absolute atomic E-state index is 0.0281. The maximum Gasteiger partial charge on any atom is 0.303 e. The van der Waals surface area contributed by atoms with E-state index in [-0.39, 0.29) is 30.4 Å². The molecule has 1 aromatic rings. The number of carbonyl (C=O) groups excluding carboxylic acids is 1. The average molecular weight is 383 g/mol. The van der Waals surface area contributed by atoms with E-state index in [0.29, 0.717) is 27.0 Å². The molecule has 2 rings (SSSR count). The molecule has 1 fully saturated rings. The van der Waals surface area contributed by atoms with Crippen molar-refractivity contribution in [2.45, 2.75) is 12.8 Å². The van der Waals surface area contributed by atoms with Gasteiger partial charge in [-0.1, -0.05) is 24.0 Å². The van der Waals surface area contributed by atoms with Crippen molar-refractivity contribution in [2.24, 2.45) is 0 Å². The van der Waals surface area contributed by atoms with Gasteiger partial charge in [0.05, 0.1) is 19.1 Å². The highest BCUT2D eigenvalue weighted by Gasteiger charge is 2.31. The molecule has 0 bridgehead atoms. The molecule has 0 unspecified atom stereocenters. The van der Waals surface area contributed by atoms with Crippen LogP contribution < -0.4 is 9.47 Å². The van der Waals surface area contributed by atoms with Crippen LogP contribution in [-0.2, 0) is 9.59 Å². The Labute approximate surface area is 154 Å². The third-order valence-corrected chi connectivity index (χ3v) is 4.80. The number of methoxy groups -OCH3 is 2. The van der Waals surface area contributed by atoms with Crippen LogP contribution in [0.4, 0.5) is 0 Å². The van der Waals surface area contributed by atoms with Crippen molar-refractivity contribution in [2.75, 3.05) is 20.8 Å². The number of phenolic OH excluding ortho intramolecular Hbond substituents is 1. The molecule has 1 saturated heterocycles. The third kappa shape index (κ3) is 4.43. The van der Waals surface area contributed by atoms with Crippen LogP contribution in [0.15, 0.2) is 17.0 Å². The second kappa shape index (κ2) is 8.21. The summed E-state index contributed by atoms with van der Waals surface area (Å²) in [6.45, 7) is 0.255. The van der Waals surface area contributed by atoms with E-state index in [4.69, 9.17) is 26.8 Å². The molecule has 0 saturated carbocycles. The Morgan fingerprint density at radius 3 is 2.68 bits per heavy atom. The number of benzene rings is 1. The van der Waals surface area contributed by atoms with Gasteiger partial charge in [0.2, 0.25) is 5.75 Å². The molecule has 134 valence electrons. The summed E-state index contributed by atoms with van der Waals surface area (Å²) in [5.74, 6) is -0.756. The average Bonchev–Trinajstić information content (AvgIpc) is 2.81. The Morgan fingerprint density at radius 2 is 2.08 bits per heavy atom. The first kappa shape index (κ1) is 19.1. The first-order valence-corrected chi connectivity index (χ1v) is 8.52. The van der Waals surface area contributed by atoms with E-state index in [1.54, 1.807) is 12.1 Å². The van der Waals surface area contributed by atoms with E-state index >= 15 is 0 Å². The minimum atomic E-state index is -0.915. The fourth-order valence-corrected chi connectivity index (χ4v) is 3.59. The molecule has 1 amide bonds. The lowest BCUT2D eigenvalue weighted by atomic mass is 10.1. The summed E-state index contributed by atoms with van der Waals surface area (Å²) in [6, 6.07) is 3.09. The zero-order valence-corrected chi connectivity index (χ0v) is 15.3. The molecule has 1 aliphatic rings. The van der Waals surface area contributed by atoms with E-state index in [2.05, 4.69) is 0 Å². The van der Waals surface area contributed by atoms with Gasteiger partial charge in [-0.25, -0.2) is 0 Å². The van der Waals surface area contributed by atoms with Crippen molar-refractivity contribution in [1.82, 2.24) is 4.90 Å². The summed E-state index contributed by atoms with van der Waals surface area (Å²) in [7, 11) is 2.86. The minimum Gasteiger partial charge on any atom is -0.504 e. The number of carboxylic acid groups (broad SMARTS) is 1. The van der Waals surface area contributed by atoms with E-state index < -0.39 is 5.97 Å². The lowest BCUT2D eigenvalue weighted by molar-refractivity contribution is -0.137. The molecule has 7 nitrogen and oxygen atoms in total. The number of rotatable bonds is 7. The number of hydrogen-bond acceptors (Lipinski definition) is 7. The smallest absolute Gasteiger partial charge is 0.303 e. The number of carboxylic acids is 1. The summed E-state index contributed by atoms with van der Waals surface area (Å²) in [6.07, 6.45) is 1.89. The van der Waals surface area contributed by atoms with E-state index in [1.165, 1.54) is 25.2 Å². The number of aliphatic carboxylic acids is 1. The number of carbonyl (C=O) groups is 2. The summed E-state index contributed by atoms with van der Waals surface area (Å²) < 4.78 is 10.6. The van der Waals surface area contributed by atoms with Crippen LogP contribution in [0.2, 0.25) is 0 Å². The number of hydrogen-bond donors (Lipinski definition) is 2. The van der Waals surface area contributed by atoms with Crippen LogP contribution in [0, 0.1) is 0 Å². The first-order valence-electron chi connectivity index (χ1n) is 7.29. The Bertz CT molecular complexity index is 746. The lowest BCUT2D eigenvalue weighted by Gasteiger charge is -2.13. The van der Waals surface area contributed by atoms with Crippen molar-refractivity contribution >= 4 is 46.3 Å². The van der Waals surface area contributed by atoms with Crippen molar-refractivity contribution in [1.29, 1.82) is 0 Å². The number of thiocarbonyl (C=S) groups is 1. The highest BCUT2D eigenvalue weighted by molar-refractivity contribution is 8.26. The number of amides is 1. The topological polar surface area (TPSA) is 96.3 Å². The molecule has 0 aromatic heterocycles. The van der Waals surface area contributed by atoms with Crippen LogP contribution in [0.3, 0.4) is 0 Å². The zero-order chi connectivity index (χ0) is 18.6. The van der Waals surface area contributed by atoms with Gasteiger partial charge in [0.15, 0.2) is 11.5 Å². The molecular weight excluding hydrogens is 366 g/mol. The summed E-state index contributed by atoms with van der Waals surface area (Å²) in [4.78, 5) is 24.8. The molecule has 1 aliphatic heterocycles. The van der Waals surface area contributed by atoms with Gasteiger partial charge in [-0.05, 0) is 30.2 Å². The lowest BCUT2D eigenvalue weighted by Crippen LogP contribution is -2.29. The van der Waals surface area contributed by atoms with Crippen molar-refractivity contribution in [3.05, 3.63) is 22.6 Å². The molecule has 0 spiro atoms. The number of phenols is 1. The molecule has 1 aromatic carbocycles. The van der Waals surface area contributed by atoms with Gasteiger partial charge in [0.25, 0.3) is 5.91 Å². The summed E-state index contributed by atoms with van der Waals surface area (Å²) in [5.41, 5.74) is 0.557. The summed E-state index contributed by atoms with van der Waals surface area (Å²) in [5, 5.41) is 18.7. The molecular formula is C16H17NO6S2. The number of thioether (sulfide) groups is 1. The first-order chi connectivity index (χ1) is 11.9. The van der Waals surface area contributed by atoms with Crippen LogP contribution in [0.1, 0.15) is 18.4 Å². The zero-order valence-electron chi connectivity index (χ0n) is 13.6. The van der Waals surface area contributed by atoms with Crippen molar-refractivity contribution in [3.8, 4) is 17.2 Å². The Kier molecular flexibility index (Phi) is 6.27. The summed E-state index contributed by atoms with van der Waals surface area (Å²) >= 11 is 6.32. The molecule has 1 heterocycles. The Morgan fingerprint density at radius 1 is 1.36 bits per heavy atom. The second-order valence-corrected chi connectivity index (χ2v) is 6.78. The van der Waals surface area contributed by atoms with Gasteiger partial charge in [-0.15, -0.1) is 0 Å². The highest BCUT2D eigenvalue weighted by atomic mass is 32.2. The van der Waals surface area contributed by atoms with Gasteiger partial charge in [0, 0.05) is 13.0 Å². The van der Waals surface area contributed by atoms with E-state index in [9.17, 15) is 14.7 Å². The van der Waals surface area contributed by atoms with Crippen molar-refractivity contribution in [3.63, 3.8) is 0 Å².